The summed E-state index contributed by atoms with van der Waals surface area (Å²) in [5.41, 5.74) is 1.83. The molecule has 0 saturated carbocycles. The summed E-state index contributed by atoms with van der Waals surface area (Å²) in [4.78, 5) is 15.1. The van der Waals surface area contributed by atoms with Crippen LogP contribution in [0, 0.1) is 0 Å². The predicted octanol–water partition coefficient (Wildman–Crippen LogP) is -0.506. The number of rotatable bonds is 5. The summed E-state index contributed by atoms with van der Waals surface area (Å²) >= 11 is 0. The average Bonchev–Trinajstić information content (AvgIpc) is 2.20. The maximum absolute atomic E-state index is 10.8. The molecule has 1 aliphatic rings. The molecule has 1 rings (SSSR count). The van der Waals surface area contributed by atoms with E-state index in [0.717, 1.165) is 26.1 Å². The quantitative estimate of drug-likeness (QED) is 0.464. The van der Waals surface area contributed by atoms with Crippen LogP contribution in [0.4, 0.5) is 0 Å². The highest BCUT2D eigenvalue weighted by Crippen LogP contribution is 2.10. The molecule has 0 spiro atoms. The van der Waals surface area contributed by atoms with Gasteiger partial charge in [0, 0.05) is 13.2 Å². The van der Waals surface area contributed by atoms with Crippen molar-refractivity contribution in [1.82, 2.24) is 5.59 Å². The third-order valence-corrected chi connectivity index (χ3v) is 2.00. The molecule has 1 fully saturated rings. The van der Waals surface area contributed by atoms with Gasteiger partial charge >= 0.3 is 5.97 Å². The monoisotopic (exact) mass is 204 g/mol. The van der Waals surface area contributed by atoms with Crippen molar-refractivity contribution < 1.29 is 19.1 Å². The lowest BCUT2D eigenvalue weighted by atomic mass is 10.1. The van der Waals surface area contributed by atoms with Crippen LogP contribution < -0.4 is 11.4 Å². The van der Waals surface area contributed by atoms with Crippen LogP contribution in [0.5, 0.6) is 0 Å². The molecule has 0 bridgehead atoms. The van der Waals surface area contributed by atoms with Gasteiger partial charge in [0.05, 0.1) is 19.1 Å². The SMILES string of the molecule is NNOC(=O)CCOC1CCOCC1. The molecule has 3 N–H and O–H groups in total. The highest BCUT2D eigenvalue weighted by molar-refractivity contribution is 5.69. The van der Waals surface area contributed by atoms with Gasteiger partial charge < -0.3 is 14.3 Å². The molecule has 0 aromatic heterocycles. The molecule has 1 aliphatic heterocycles. The maximum Gasteiger partial charge on any atom is 0.328 e. The van der Waals surface area contributed by atoms with Crippen molar-refractivity contribution in [2.75, 3.05) is 19.8 Å². The van der Waals surface area contributed by atoms with E-state index in [9.17, 15) is 4.79 Å². The van der Waals surface area contributed by atoms with E-state index < -0.39 is 5.97 Å². The molecule has 0 radical (unpaired) electrons. The van der Waals surface area contributed by atoms with Gasteiger partial charge in [0.25, 0.3) is 0 Å². The fourth-order valence-corrected chi connectivity index (χ4v) is 1.27. The smallest absolute Gasteiger partial charge is 0.328 e. The molecular formula is C8H16N2O4. The fraction of sp³-hybridized carbons (Fsp3) is 0.875. The summed E-state index contributed by atoms with van der Waals surface area (Å²) in [7, 11) is 0. The molecule has 14 heavy (non-hydrogen) atoms. The van der Waals surface area contributed by atoms with Crippen molar-refractivity contribution in [3.8, 4) is 0 Å². The molecule has 82 valence electrons. The molecule has 1 heterocycles. The molecule has 1 saturated heterocycles. The largest absolute Gasteiger partial charge is 0.381 e. The van der Waals surface area contributed by atoms with Crippen LogP contribution in [-0.4, -0.2) is 31.9 Å². The Balaban J connectivity index is 1.99. The Morgan fingerprint density at radius 1 is 1.50 bits per heavy atom. The number of carbonyl (C=O) groups is 1. The van der Waals surface area contributed by atoms with E-state index in [4.69, 9.17) is 15.3 Å². The van der Waals surface area contributed by atoms with E-state index in [-0.39, 0.29) is 12.5 Å². The molecule has 0 aliphatic carbocycles. The van der Waals surface area contributed by atoms with Gasteiger partial charge in [-0.1, -0.05) is 5.59 Å². The van der Waals surface area contributed by atoms with Crippen LogP contribution >= 0.6 is 0 Å². The summed E-state index contributed by atoms with van der Waals surface area (Å²) in [6, 6.07) is 0. The van der Waals surface area contributed by atoms with Crippen LogP contribution in [0.1, 0.15) is 19.3 Å². The summed E-state index contributed by atoms with van der Waals surface area (Å²) in [6.45, 7) is 1.84. The van der Waals surface area contributed by atoms with Crippen molar-refractivity contribution in [3.63, 3.8) is 0 Å². The Labute approximate surface area is 82.6 Å². The number of carbonyl (C=O) groups excluding carboxylic acids is 1. The zero-order valence-electron chi connectivity index (χ0n) is 8.03. The Bertz CT molecular complexity index is 171. The topological polar surface area (TPSA) is 82.8 Å². The van der Waals surface area contributed by atoms with Gasteiger partial charge in [-0.25, -0.2) is 5.84 Å². The Morgan fingerprint density at radius 2 is 2.21 bits per heavy atom. The van der Waals surface area contributed by atoms with Crippen molar-refractivity contribution in [1.29, 1.82) is 0 Å². The Kier molecular flexibility index (Phi) is 5.46. The number of hydrazine groups is 1. The highest BCUT2D eigenvalue weighted by Gasteiger charge is 2.14. The van der Waals surface area contributed by atoms with Gasteiger partial charge in [0.1, 0.15) is 0 Å². The van der Waals surface area contributed by atoms with E-state index in [1.54, 1.807) is 0 Å². The molecule has 0 aromatic rings. The third kappa shape index (κ3) is 4.52. The normalized spacial score (nSPS) is 18.1. The molecule has 0 amide bonds. The first kappa shape index (κ1) is 11.4. The molecule has 6 nitrogen and oxygen atoms in total. The second-order valence-corrected chi connectivity index (χ2v) is 3.02. The molecule has 0 atom stereocenters. The minimum Gasteiger partial charge on any atom is -0.381 e. The lowest BCUT2D eigenvalue weighted by molar-refractivity contribution is -0.153. The van der Waals surface area contributed by atoms with Gasteiger partial charge in [-0.05, 0) is 12.8 Å². The lowest BCUT2D eigenvalue weighted by Crippen LogP contribution is -2.28. The van der Waals surface area contributed by atoms with Crippen LogP contribution in [-0.2, 0) is 19.1 Å². The standard InChI is InChI=1S/C8H16N2O4/c9-10-14-8(11)3-6-13-7-1-4-12-5-2-7/h7,10H,1-6,9H2. The van der Waals surface area contributed by atoms with E-state index in [2.05, 4.69) is 4.84 Å². The van der Waals surface area contributed by atoms with Gasteiger partial charge in [0.2, 0.25) is 0 Å². The van der Waals surface area contributed by atoms with Gasteiger partial charge in [-0.2, -0.15) is 0 Å². The van der Waals surface area contributed by atoms with Gasteiger partial charge in [-0.3, -0.25) is 4.79 Å². The van der Waals surface area contributed by atoms with Crippen LogP contribution in [0.15, 0.2) is 0 Å². The molecular weight excluding hydrogens is 188 g/mol. The average molecular weight is 204 g/mol. The summed E-state index contributed by atoms with van der Waals surface area (Å²) in [6.07, 6.45) is 2.21. The maximum atomic E-state index is 10.8. The zero-order valence-corrected chi connectivity index (χ0v) is 8.03. The lowest BCUT2D eigenvalue weighted by Gasteiger charge is -2.22. The van der Waals surface area contributed by atoms with Crippen LogP contribution in [0.25, 0.3) is 0 Å². The highest BCUT2D eigenvalue weighted by atomic mass is 16.7. The first-order valence-corrected chi connectivity index (χ1v) is 4.67. The number of ether oxygens (including phenoxy) is 2. The van der Waals surface area contributed by atoms with Crippen LogP contribution in [0.2, 0.25) is 0 Å². The molecule has 0 aromatic carbocycles. The van der Waals surface area contributed by atoms with Gasteiger partial charge in [0.15, 0.2) is 0 Å². The van der Waals surface area contributed by atoms with Crippen molar-refractivity contribution in [2.24, 2.45) is 5.84 Å². The Morgan fingerprint density at radius 3 is 2.86 bits per heavy atom. The van der Waals surface area contributed by atoms with Gasteiger partial charge in [-0.15, -0.1) is 0 Å². The third-order valence-electron chi connectivity index (χ3n) is 2.00. The molecule has 6 heteroatoms. The second kappa shape index (κ2) is 6.72. The van der Waals surface area contributed by atoms with E-state index in [1.807, 2.05) is 5.59 Å². The first-order chi connectivity index (χ1) is 6.83. The number of nitrogens with two attached hydrogens (primary N) is 1. The second-order valence-electron chi connectivity index (χ2n) is 3.02. The first-order valence-electron chi connectivity index (χ1n) is 4.67. The minimum atomic E-state index is -0.417. The molecule has 0 unspecified atom stereocenters. The predicted molar refractivity (Wildman–Crippen MR) is 47.8 cm³/mol. The fourth-order valence-electron chi connectivity index (χ4n) is 1.27. The Hall–Kier alpha value is -0.690. The van der Waals surface area contributed by atoms with E-state index in [1.165, 1.54) is 0 Å². The number of hydrogen-bond acceptors (Lipinski definition) is 6. The minimum absolute atomic E-state index is 0.210. The van der Waals surface area contributed by atoms with Crippen LogP contribution in [0.3, 0.4) is 0 Å². The van der Waals surface area contributed by atoms with E-state index >= 15 is 0 Å². The van der Waals surface area contributed by atoms with Crippen molar-refractivity contribution >= 4 is 5.97 Å². The number of nitrogens with one attached hydrogen (secondary N) is 1. The van der Waals surface area contributed by atoms with Crippen molar-refractivity contribution in [3.05, 3.63) is 0 Å². The van der Waals surface area contributed by atoms with Crippen molar-refractivity contribution in [2.45, 2.75) is 25.4 Å². The number of hydrogen-bond donors (Lipinski definition) is 2. The summed E-state index contributed by atoms with van der Waals surface area (Å²) in [5.74, 6) is 4.38. The summed E-state index contributed by atoms with van der Waals surface area (Å²) < 4.78 is 10.6. The van der Waals surface area contributed by atoms with E-state index in [0.29, 0.717) is 6.61 Å². The summed E-state index contributed by atoms with van der Waals surface area (Å²) in [5, 5.41) is 0. The zero-order chi connectivity index (χ0) is 10.2.